The van der Waals surface area contributed by atoms with Gasteiger partial charge in [-0.3, -0.25) is 0 Å². The highest BCUT2D eigenvalue weighted by Gasteiger charge is 2.11. The lowest BCUT2D eigenvalue weighted by Crippen LogP contribution is -2.14. The first kappa shape index (κ1) is 16.9. The summed E-state index contributed by atoms with van der Waals surface area (Å²) in [4.78, 5) is 0. The van der Waals surface area contributed by atoms with Crippen LogP contribution in [0, 0.1) is 13.8 Å². The summed E-state index contributed by atoms with van der Waals surface area (Å²) in [5, 5.41) is 0.667. The highest BCUT2D eigenvalue weighted by atomic mass is 35.5. The Morgan fingerprint density at radius 3 is 2.64 bits per heavy atom. The molecule has 1 atom stereocenters. The quantitative estimate of drug-likeness (QED) is 0.740. The maximum Gasteiger partial charge on any atom is 0.138 e. The van der Waals surface area contributed by atoms with E-state index in [1.165, 1.54) is 11.1 Å². The van der Waals surface area contributed by atoms with Gasteiger partial charge < -0.3 is 10.5 Å². The van der Waals surface area contributed by atoms with Crippen LogP contribution in [0.5, 0.6) is 5.75 Å². The zero-order valence-electron chi connectivity index (χ0n) is 13.3. The Kier molecular flexibility index (Phi) is 6.29. The molecule has 0 aliphatic heterocycles. The molecule has 3 heteroatoms. The lowest BCUT2D eigenvalue weighted by molar-refractivity contribution is 0.301. The Balaban J connectivity index is 1.87. The van der Waals surface area contributed by atoms with Gasteiger partial charge in [0.1, 0.15) is 5.75 Å². The van der Waals surface area contributed by atoms with E-state index in [1.54, 1.807) is 0 Å². The number of hydrogen-bond donors (Lipinski definition) is 1. The monoisotopic (exact) mass is 317 g/mol. The van der Waals surface area contributed by atoms with Crippen molar-refractivity contribution in [3.8, 4) is 5.75 Å². The van der Waals surface area contributed by atoms with Crippen LogP contribution in [-0.4, -0.2) is 13.2 Å². The molecule has 0 saturated carbocycles. The molecule has 2 rings (SSSR count). The fourth-order valence-corrected chi connectivity index (χ4v) is 2.85. The van der Waals surface area contributed by atoms with Crippen LogP contribution in [0.25, 0.3) is 0 Å². The van der Waals surface area contributed by atoms with E-state index >= 15 is 0 Å². The van der Waals surface area contributed by atoms with Crippen LogP contribution in [0.1, 0.15) is 35.4 Å². The molecule has 2 aromatic carbocycles. The first-order valence-corrected chi connectivity index (χ1v) is 8.14. The molecule has 0 aliphatic rings. The summed E-state index contributed by atoms with van der Waals surface area (Å²) in [6.45, 7) is 5.49. The fourth-order valence-electron chi connectivity index (χ4n) is 2.68. The third-order valence-corrected chi connectivity index (χ3v) is 4.27. The minimum absolute atomic E-state index is 0.387. The van der Waals surface area contributed by atoms with Crippen molar-refractivity contribution in [2.24, 2.45) is 5.73 Å². The van der Waals surface area contributed by atoms with Crippen LogP contribution < -0.4 is 10.5 Å². The zero-order valence-corrected chi connectivity index (χ0v) is 14.1. The second kappa shape index (κ2) is 8.21. The minimum Gasteiger partial charge on any atom is -0.492 e. The average molecular weight is 318 g/mol. The van der Waals surface area contributed by atoms with E-state index in [4.69, 9.17) is 22.1 Å². The Hall–Kier alpha value is -1.51. The van der Waals surface area contributed by atoms with Crippen LogP contribution >= 0.6 is 11.6 Å². The van der Waals surface area contributed by atoms with E-state index in [9.17, 15) is 0 Å². The van der Waals surface area contributed by atoms with Gasteiger partial charge in [-0.15, -0.1) is 0 Å². The van der Waals surface area contributed by atoms with Gasteiger partial charge in [0.2, 0.25) is 0 Å². The molecule has 0 amide bonds. The van der Waals surface area contributed by atoms with E-state index in [0.29, 0.717) is 24.1 Å². The second-order valence-electron chi connectivity index (χ2n) is 5.71. The first-order chi connectivity index (χ1) is 10.6. The molecule has 2 N–H and O–H groups in total. The number of aryl methyl sites for hydroxylation is 2. The number of nitrogens with two attached hydrogens (primary N) is 1. The number of rotatable bonds is 7. The molecule has 0 aromatic heterocycles. The zero-order chi connectivity index (χ0) is 15.9. The molecule has 0 spiro atoms. The number of benzene rings is 2. The summed E-state index contributed by atoms with van der Waals surface area (Å²) in [5.41, 5.74) is 9.75. The molecular weight excluding hydrogens is 294 g/mol. The molecule has 0 heterocycles. The summed E-state index contributed by atoms with van der Waals surface area (Å²) in [6.07, 6.45) is 1.98. The van der Waals surface area contributed by atoms with Crippen molar-refractivity contribution in [1.82, 2.24) is 0 Å². The smallest absolute Gasteiger partial charge is 0.138 e. The Bertz CT molecular complexity index is 612. The Morgan fingerprint density at radius 2 is 1.91 bits per heavy atom. The summed E-state index contributed by atoms with van der Waals surface area (Å²) >= 11 is 6.14. The third-order valence-electron chi connectivity index (χ3n) is 3.95. The normalized spacial score (nSPS) is 12.2. The predicted octanol–water partition coefficient (Wildman–Crippen LogP) is 4.86. The maximum absolute atomic E-state index is 6.14. The largest absolute Gasteiger partial charge is 0.492 e. The summed E-state index contributed by atoms with van der Waals surface area (Å²) in [5.74, 6) is 1.15. The van der Waals surface area contributed by atoms with Gasteiger partial charge in [0.05, 0.1) is 11.6 Å². The lowest BCUT2D eigenvalue weighted by atomic mass is 9.91. The average Bonchev–Trinajstić information content (AvgIpc) is 2.52. The van der Waals surface area contributed by atoms with E-state index in [0.717, 1.165) is 24.2 Å². The van der Waals surface area contributed by atoms with Crippen molar-refractivity contribution in [1.29, 1.82) is 0 Å². The van der Waals surface area contributed by atoms with E-state index in [2.05, 4.69) is 31.2 Å². The molecule has 0 saturated heterocycles. The summed E-state index contributed by atoms with van der Waals surface area (Å²) < 4.78 is 5.81. The standard InChI is InChI=1S/C19H24ClNO/c1-14-9-10-18(20)19(12-14)22-11-5-7-16(13-21)17-8-4-3-6-15(17)2/h3-4,6,8-10,12,16H,5,7,11,13,21H2,1-2H3. The van der Waals surface area contributed by atoms with E-state index in [1.807, 2.05) is 25.1 Å². The minimum atomic E-state index is 0.387. The lowest BCUT2D eigenvalue weighted by Gasteiger charge is -2.18. The van der Waals surface area contributed by atoms with Gasteiger partial charge in [-0.1, -0.05) is 41.9 Å². The second-order valence-corrected chi connectivity index (χ2v) is 6.12. The van der Waals surface area contributed by atoms with Crippen LogP contribution in [0.2, 0.25) is 5.02 Å². The maximum atomic E-state index is 6.14. The van der Waals surface area contributed by atoms with E-state index in [-0.39, 0.29) is 0 Å². The third kappa shape index (κ3) is 4.49. The van der Waals surface area contributed by atoms with Crippen LogP contribution in [0.4, 0.5) is 0 Å². The van der Waals surface area contributed by atoms with Crippen LogP contribution in [0.3, 0.4) is 0 Å². The molecule has 22 heavy (non-hydrogen) atoms. The number of halogens is 1. The summed E-state index contributed by atoms with van der Waals surface area (Å²) in [7, 11) is 0. The van der Waals surface area contributed by atoms with Gasteiger partial charge in [-0.25, -0.2) is 0 Å². The van der Waals surface area contributed by atoms with Crippen LogP contribution in [-0.2, 0) is 0 Å². The SMILES string of the molecule is Cc1ccc(Cl)c(OCCCC(CN)c2ccccc2C)c1. The predicted molar refractivity (Wildman–Crippen MR) is 93.9 cm³/mol. The molecule has 0 bridgehead atoms. The van der Waals surface area contributed by atoms with Crippen molar-refractivity contribution in [3.05, 3.63) is 64.2 Å². The molecule has 0 fully saturated rings. The molecule has 1 unspecified atom stereocenters. The molecule has 0 radical (unpaired) electrons. The van der Waals surface area contributed by atoms with Crippen molar-refractivity contribution < 1.29 is 4.74 Å². The Labute approximate surface area is 138 Å². The van der Waals surface area contributed by atoms with E-state index < -0.39 is 0 Å². The molecule has 118 valence electrons. The number of ether oxygens (including phenoxy) is 1. The van der Waals surface area contributed by atoms with Crippen molar-refractivity contribution in [3.63, 3.8) is 0 Å². The molecule has 2 aromatic rings. The van der Waals surface area contributed by atoms with Gasteiger partial charge in [-0.05, 0) is 68.0 Å². The molecule has 0 aliphatic carbocycles. The van der Waals surface area contributed by atoms with Crippen molar-refractivity contribution >= 4 is 11.6 Å². The topological polar surface area (TPSA) is 35.2 Å². The fraction of sp³-hybridized carbons (Fsp3) is 0.368. The summed E-state index contributed by atoms with van der Waals surface area (Å²) in [6, 6.07) is 14.3. The van der Waals surface area contributed by atoms with Gasteiger partial charge in [0, 0.05) is 0 Å². The van der Waals surface area contributed by atoms with Gasteiger partial charge in [0.15, 0.2) is 0 Å². The Morgan fingerprint density at radius 1 is 1.14 bits per heavy atom. The number of hydrogen-bond acceptors (Lipinski definition) is 2. The molecule has 2 nitrogen and oxygen atoms in total. The highest BCUT2D eigenvalue weighted by Crippen LogP contribution is 2.27. The first-order valence-electron chi connectivity index (χ1n) is 7.76. The van der Waals surface area contributed by atoms with Crippen molar-refractivity contribution in [2.45, 2.75) is 32.6 Å². The van der Waals surface area contributed by atoms with Gasteiger partial charge >= 0.3 is 0 Å². The van der Waals surface area contributed by atoms with Crippen molar-refractivity contribution in [2.75, 3.05) is 13.2 Å². The van der Waals surface area contributed by atoms with Gasteiger partial charge in [-0.2, -0.15) is 0 Å². The van der Waals surface area contributed by atoms with Crippen LogP contribution in [0.15, 0.2) is 42.5 Å². The molecular formula is C19H24ClNO. The highest BCUT2D eigenvalue weighted by molar-refractivity contribution is 6.32. The van der Waals surface area contributed by atoms with Gasteiger partial charge in [0.25, 0.3) is 0 Å².